The van der Waals surface area contributed by atoms with Crippen LogP contribution in [0.3, 0.4) is 0 Å². The third kappa shape index (κ3) is 1.56. The summed E-state index contributed by atoms with van der Waals surface area (Å²) in [6.07, 6.45) is 1.78. The number of hydrogen-bond acceptors (Lipinski definition) is 5. The fraction of sp³-hybridized carbons (Fsp3) is 0.333. The Hall–Kier alpha value is -1.20. The quantitative estimate of drug-likeness (QED) is 0.820. The van der Waals surface area contributed by atoms with E-state index in [0.29, 0.717) is 6.54 Å². The minimum Gasteiger partial charge on any atom is -0.372 e. The number of fused-ring (bicyclic) bond motifs is 1. The number of hydrogen-bond donors (Lipinski definition) is 1. The predicted octanol–water partition coefficient (Wildman–Crippen LogP) is 1.09. The van der Waals surface area contributed by atoms with Gasteiger partial charge in [-0.15, -0.1) is 11.3 Å². The van der Waals surface area contributed by atoms with E-state index in [1.54, 1.807) is 17.5 Å². The second-order valence-corrected chi connectivity index (χ2v) is 3.90. The molecule has 2 aromatic heterocycles. The van der Waals surface area contributed by atoms with E-state index in [1.807, 2.05) is 18.6 Å². The number of likely N-dealkylation sites (N-methyl/N-ethyl adjacent to an activating group) is 1. The third-order valence-electron chi connectivity index (χ3n) is 2.09. The van der Waals surface area contributed by atoms with Crippen LogP contribution in [0.15, 0.2) is 17.8 Å². The highest BCUT2D eigenvalue weighted by atomic mass is 32.1. The maximum Gasteiger partial charge on any atom is 0.172 e. The van der Waals surface area contributed by atoms with E-state index < -0.39 is 0 Å². The highest BCUT2D eigenvalue weighted by molar-refractivity contribution is 7.17. The lowest BCUT2D eigenvalue weighted by molar-refractivity contribution is 0.889. The second-order valence-electron chi connectivity index (χ2n) is 3.05. The van der Waals surface area contributed by atoms with Crippen LogP contribution in [0.5, 0.6) is 0 Å². The standard InChI is InChI=1S/C9H12N4S/c1-13(5-3-10)7-2-4-11-9-8(7)14-6-12-9/h2,4,6H,3,5,10H2,1H3. The summed E-state index contributed by atoms with van der Waals surface area (Å²) in [5.74, 6) is 0. The van der Waals surface area contributed by atoms with Gasteiger partial charge < -0.3 is 10.6 Å². The molecule has 0 unspecified atom stereocenters. The van der Waals surface area contributed by atoms with Crippen LogP contribution in [0, 0.1) is 0 Å². The van der Waals surface area contributed by atoms with Gasteiger partial charge in [0.05, 0.1) is 15.9 Å². The molecule has 2 rings (SSSR count). The first kappa shape index (κ1) is 9.36. The Morgan fingerprint density at radius 1 is 1.50 bits per heavy atom. The maximum absolute atomic E-state index is 5.52. The highest BCUT2D eigenvalue weighted by Gasteiger charge is 2.07. The van der Waals surface area contributed by atoms with Crippen molar-refractivity contribution in [2.75, 3.05) is 25.0 Å². The fourth-order valence-electron chi connectivity index (χ4n) is 1.38. The fourth-order valence-corrected chi connectivity index (χ4v) is 2.19. The number of pyridine rings is 1. The highest BCUT2D eigenvalue weighted by Crippen LogP contribution is 2.26. The van der Waals surface area contributed by atoms with Crippen molar-refractivity contribution in [2.24, 2.45) is 5.73 Å². The van der Waals surface area contributed by atoms with Gasteiger partial charge >= 0.3 is 0 Å². The summed E-state index contributed by atoms with van der Waals surface area (Å²) in [6, 6.07) is 2.00. The molecule has 5 heteroatoms. The average Bonchev–Trinajstić information content (AvgIpc) is 2.65. The van der Waals surface area contributed by atoms with Gasteiger partial charge in [0.25, 0.3) is 0 Å². The molecule has 0 amide bonds. The molecule has 0 radical (unpaired) electrons. The van der Waals surface area contributed by atoms with E-state index in [-0.39, 0.29) is 0 Å². The molecule has 0 fully saturated rings. The van der Waals surface area contributed by atoms with Crippen LogP contribution in [-0.4, -0.2) is 30.1 Å². The molecule has 0 aliphatic carbocycles. The lowest BCUT2D eigenvalue weighted by Gasteiger charge is -2.18. The first-order valence-electron chi connectivity index (χ1n) is 4.42. The molecule has 2 aromatic rings. The minimum atomic E-state index is 0.652. The minimum absolute atomic E-state index is 0.652. The van der Waals surface area contributed by atoms with Gasteiger partial charge in [-0.25, -0.2) is 9.97 Å². The van der Waals surface area contributed by atoms with Gasteiger partial charge in [-0.05, 0) is 6.07 Å². The molecule has 2 N–H and O–H groups in total. The Kier molecular flexibility index (Phi) is 2.60. The van der Waals surface area contributed by atoms with Gasteiger partial charge in [-0.3, -0.25) is 0 Å². The number of nitrogens with zero attached hydrogens (tertiary/aromatic N) is 3. The smallest absolute Gasteiger partial charge is 0.172 e. The normalized spacial score (nSPS) is 10.7. The Bertz CT molecular complexity index is 425. The number of aromatic nitrogens is 2. The van der Waals surface area contributed by atoms with E-state index in [4.69, 9.17) is 5.73 Å². The molecule has 0 aliphatic heterocycles. The van der Waals surface area contributed by atoms with Crippen molar-refractivity contribution in [3.05, 3.63) is 17.8 Å². The topological polar surface area (TPSA) is 55.0 Å². The molecule has 0 spiro atoms. The lowest BCUT2D eigenvalue weighted by atomic mass is 10.3. The summed E-state index contributed by atoms with van der Waals surface area (Å²) in [4.78, 5) is 10.5. The molecule has 4 nitrogen and oxygen atoms in total. The largest absolute Gasteiger partial charge is 0.372 e. The van der Waals surface area contributed by atoms with Gasteiger partial charge in [-0.1, -0.05) is 0 Å². The summed E-state index contributed by atoms with van der Waals surface area (Å²) in [7, 11) is 2.03. The summed E-state index contributed by atoms with van der Waals surface area (Å²) >= 11 is 1.61. The van der Waals surface area contributed by atoms with Crippen molar-refractivity contribution in [3.63, 3.8) is 0 Å². The van der Waals surface area contributed by atoms with Crippen LogP contribution in [-0.2, 0) is 0 Å². The predicted molar refractivity (Wildman–Crippen MR) is 59.7 cm³/mol. The molecule has 2 heterocycles. The average molecular weight is 208 g/mol. The van der Waals surface area contributed by atoms with Gasteiger partial charge in [0.2, 0.25) is 0 Å². The van der Waals surface area contributed by atoms with Crippen LogP contribution >= 0.6 is 11.3 Å². The van der Waals surface area contributed by atoms with Crippen LogP contribution in [0.2, 0.25) is 0 Å². The summed E-state index contributed by atoms with van der Waals surface area (Å²) < 4.78 is 1.13. The Morgan fingerprint density at radius 2 is 2.36 bits per heavy atom. The Morgan fingerprint density at radius 3 is 3.14 bits per heavy atom. The van der Waals surface area contributed by atoms with Crippen LogP contribution in [0.25, 0.3) is 10.3 Å². The first-order chi connectivity index (χ1) is 6.83. The molecule has 0 atom stereocenters. The molecule has 0 saturated carbocycles. The van der Waals surface area contributed by atoms with Crippen molar-refractivity contribution in [1.29, 1.82) is 0 Å². The molecular weight excluding hydrogens is 196 g/mol. The number of anilines is 1. The van der Waals surface area contributed by atoms with Crippen LogP contribution in [0.1, 0.15) is 0 Å². The zero-order chi connectivity index (χ0) is 9.97. The third-order valence-corrected chi connectivity index (χ3v) is 2.92. The van der Waals surface area contributed by atoms with E-state index >= 15 is 0 Å². The summed E-state index contributed by atoms with van der Waals surface area (Å²) in [6.45, 7) is 1.50. The monoisotopic (exact) mass is 208 g/mol. The van der Waals surface area contributed by atoms with Gasteiger partial charge in [0, 0.05) is 26.3 Å². The number of rotatable bonds is 3. The van der Waals surface area contributed by atoms with Crippen molar-refractivity contribution >= 4 is 27.4 Å². The summed E-state index contributed by atoms with van der Waals surface area (Å²) in [5, 5.41) is 0. The molecule has 0 aromatic carbocycles. The zero-order valence-electron chi connectivity index (χ0n) is 7.97. The summed E-state index contributed by atoms with van der Waals surface area (Å²) in [5.41, 5.74) is 9.31. The lowest BCUT2D eigenvalue weighted by Crippen LogP contribution is -2.24. The number of nitrogens with two attached hydrogens (primary N) is 1. The molecule has 0 aliphatic rings. The molecule has 74 valence electrons. The molecule has 14 heavy (non-hydrogen) atoms. The van der Waals surface area contributed by atoms with Gasteiger partial charge in [0.1, 0.15) is 0 Å². The SMILES string of the molecule is CN(CCN)c1ccnc2ncsc12. The molecular formula is C9H12N4S. The van der Waals surface area contributed by atoms with Crippen LogP contribution < -0.4 is 10.6 Å². The second kappa shape index (κ2) is 3.89. The molecule has 0 bridgehead atoms. The van der Waals surface area contributed by atoms with Crippen molar-refractivity contribution in [3.8, 4) is 0 Å². The van der Waals surface area contributed by atoms with Crippen molar-refractivity contribution < 1.29 is 0 Å². The molecule has 0 saturated heterocycles. The maximum atomic E-state index is 5.52. The van der Waals surface area contributed by atoms with Crippen molar-refractivity contribution in [2.45, 2.75) is 0 Å². The first-order valence-corrected chi connectivity index (χ1v) is 5.30. The zero-order valence-corrected chi connectivity index (χ0v) is 8.79. The van der Waals surface area contributed by atoms with Gasteiger partial charge in [-0.2, -0.15) is 0 Å². The van der Waals surface area contributed by atoms with E-state index in [2.05, 4.69) is 14.9 Å². The van der Waals surface area contributed by atoms with E-state index in [1.165, 1.54) is 0 Å². The Balaban J connectivity index is 2.45. The van der Waals surface area contributed by atoms with Crippen LogP contribution in [0.4, 0.5) is 5.69 Å². The van der Waals surface area contributed by atoms with E-state index in [9.17, 15) is 0 Å². The van der Waals surface area contributed by atoms with Crippen molar-refractivity contribution in [1.82, 2.24) is 9.97 Å². The Labute approximate surface area is 86.4 Å². The van der Waals surface area contributed by atoms with E-state index in [0.717, 1.165) is 22.6 Å². The number of thiazole rings is 1. The van der Waals surface area contributed by atoms with Gasteiger partial charge in [0.15, 0.2) is 5.65 Å².